The van der Waals surface area contributed by atoms with Gasteiger partial charge in [-0.25, -0.2) is 0 Å². The maximum atomic E-state index is 11.3. The summed E-state index contributed by atoms with van der Waals surface area (Å²) in [6.45, 7) is 7.18. The van der Waals surface area contributed by atoms with Gasteiger partial charge in [0.2, 0.25) is 5.91 Å². The molecule has 0 aromatic rings. The van der Waals surface area contributed by atoms with Gasteiger partial charge < -0.3 is 15.1 Å². The Hall–Kier alpha value is -0.610. The average Bonchev–Trinajstić information content (AvgIpc) is 2.26. The van der Waals surface area contributed by atoms with Crippen LogP contribution in [0.15, 0.2) is 0 Å². The van der Waals surface area contributed by atoms with Crippen molar-refractivity contribution in [3.8, 4) is 0 Å². The topological polar surface area (TPSA) is 35.6 Å². The first-order chi connectivity index (χ1) is 7.49. The highest BCUT2D eigenvalue weighted by Gasteiger charge is 2.06. The Labute approximate surface area is 100.0 Å². The van der Waals surface area contributed by atoms with Gasteiger partial charge in [-0.2, -0.15) is 0 Å². The molecular formula is C12H27N3O. The van der Waals surface area contributed by atoms with Crippen molar-refractivity contribution >= 4 is 5.91 Å². The first-order valence-electron chi connectivity index (χ1n) is 6.10. The maximum Gasteiger partial charge on any atom is 0.223 e. The number of carbonyl (C=O) groups excluding carboxylic acids is 1. The van der Waals surface area contributed by atoms with Gasteiger partial charge in [0, 0.05) is 46.2 Å². The highest BCUT2D eigenvalue weighted by molar-refractivity contribution is 5.75. The van der Waals surface area contributed by atoms with Crippen LogP contribution in [-0.2, 0) is 4.79 Å². The highest BCUT2D eigenvalue weighted by Crippen LogP contribution is 1.98. The SMILES string of the molecule is CCC(C)N(C)CCNCCC(=O)N(C)C. The van der Waals surface area contributed by atoms with Gasteiger partial charge in [0.15, 0.2) is 0 Å². The molecule has 0 aromatic heterocycles. The first kappa shape index (κ1) is 15.4. The van der Waals surface area contributed by atoms with E-state index in [4.69, 9.17) is 0 Å². The molecule has 96 valence electrons. The molecule has 0 fully saturated rings. The molecule has 1 atom stereocenters. The molecule has 0 aromatic carbocycles. The highest BCUT2D eigenvalue weighted by atomic mass is 16.2. The molecular weight excluding hydrogens is 202 g/mol. The Bertz CT molecular complexity index is 195. The fraction of sp³-hybridized carbons (Fsp3) is 0.917. The number of nitrogens with one attached hydrogen (secondary N) is 1. The van der Waals surface area contributed by atoms with E-state index in [1.54, 1.807) is 19.0 Å². The van der Waals surface area contributed by atoms with Crippen LogP contribution in [-0.4, -0.2) is 62.5 Å². The van der Waals surface area contributed by atoms with Gasteiger partial charge in [0.25, 0.3) is 0 Å². The summed E-state index contributed by atoms with van der Waals surface area (Å²) in [4.78, 5) is 15.2. The normalized spacial score (nSPS) is 12.9. The fourth-order valence-electron chi connectivity index (χ4n) is 1.33. The molecule has 0 saturated heterocycles. The average molecular weight is 229 g/mol. The lowest BCUT2D eigenvalue weighted by molar-refractivity contribution is -0.128. The monoisotopic (exact) mass is 229 g/mol. The summed E-state index contributed by atoms with van der Waals surface area (Å²) in [5.74, 6) is 0.183. The van der Waals surface area contributed by atoms with Gasteiger partial charge in [-0.05, 0) is 20.4 Å². The largest absolute Gasteiger partial charge is 0.349 e. The predicted molar refractivity (Wildman–Crippen MR) is 68.6 cm³/mol. The summed E-state index contributed by atoms with van der Waals surface area (Å²) >= 11 is 0. The molecule has 0 rings (SSSR count). The third-order valence-electron chi connectivity index (χ3n) is 3.00. The third kappa shape index (κ3) is 6.80. The molecule has 16 heavy (non-hydrogen) atoms. The molecule has 1 amide bonds. The molecule has 0 heterocycles. The van der Waals surface area contributed by atoms with E-state index < -0.39 is 0 Å². The van der Waals surface area contributed by atoms with E-state index in [2.05, 4.69) is 31.1 Å². The molecule has 0 spiro atoms. The zero-order valence-corrected chi connectivity index (χ0v) is 11.4. The second kappa shape index (κ2) is 8.53. The summed E-state index contributed by atoms with van der Waals surface area (Å²) in [6, 6.07) is 0.630. The first-order valence-corrected chi connectivity index (χ1v) is 6.10. The van der Waals surface area contributed by atoms with Crippen LogP contribution < -0.4 is 5.32 Å². The van der Waals surface area contributed by atoms with Crippen LogP contribution in [0, 0.1) is 0 Å². The number of amides is 1. The van der Waals surface area contributed by atoms with Crippen LogP contribution >= 0.6 is 0 Å². The van der Waals surface area contributed by atoms with Crippen molar-refractivity contribution in [2.75, 3.05) is 40.8 Å². The summed E-state index contributed by atoms with van der Waals surface area (Å²) < 4.78 is 0. The number of likely N-dealkylation sites (N-methyl/N-ethyl adjacent to an activating group) is 1. The van der Waals surface area contributed by atoms with Gasteiger partial charge >= 0.3 is 0 Å². The van der Waals surface area contributed by atoms with Crippen LogP contribution in [0.4, 0.5) is 0 Å². The Morgan fingerprint density at radius 2 is 1.88 bits per heavy atom. The van der Waals surface area contributed by atoms with Crippen LogP contribution in [0.2, 0.25) is 0 Å². The molecule has 4 nitrogen and oxygen atoms in total. The molecule has 0 aliphatic rings. The minimum atomic E-state index is 0.183. The standard InChI is InChI=1S/C12H27N3O/c1-6-11(2)15(5)10-9-13-8-7-12(16)14(3)4/h11,13H,6-10H2,1-5H3. The Morgan fingerprint density at radius 3 is 2.38 bits per heavy atom. The van der Waals surface area contributed by atoms with Crippen LogP contribution in [0.25, 0.3) is 0 Å². The smallest absolute Gasteiger partial charge is 0.223 e. The molecule has 0 bridgehead atoms. The molecule has 0 radical (unpaired) electrons. The minimum Gasteiger partial charge on any atom is -0.349 e. The van der Waals surface area contributed by atoms with E-state index >= 15 is 0 Å². The number of nitrogens with zero attached hydrogens (tertiary/aromatic N) is 2. The predicted octanol–water partition coefficient (Wildman–Crippen LogP) is 0.785. The van der Waals surface area contributed by atoms with Crippen molar-refractivity contribution in [3.63, 3.8) is 0 Å². The Morgan fingerprint density at radius 1 is 1.25 bits per heavy atom. The van der Waals surface area contributed by atoms with Crippen molar-refractivity contribution in [2.24, 2.45) is 0 Å². The number of carbonyl (C=O) groups is 1. The van der Waals surface area contributed by atoms with Crippen molar-refractivity contribution in [2.45, 2.75) is 32.7 Å². The summed E-state index contributed by atoms with van der Waals surface area (Å²) in [6.07, 6.45) is 1.76. The molecule has 0 aliphatic heterocycles. The lowest BCUT2D eigenvalue weighted by atomic mass is 10.2. The maximum absolute atomic E-state index is 11.3. The van der Waals surface area contributed by atoms with Crippen LogP contribution in [0.3, 0.4) is 0 Å². The van der Waals surface area contributed by atoms with E-state index in [1.807, 2.05) is 0 Å². The Kier molecular flexibility index (Phi) is 8.21. The van der Waals surface area contributed by atoms with E-state index in [-0.39, 0.29) is 5.91 Å². The van der Waals surface area contributed by atoms with Crippen LogP contribution in [0.1, 0.15) is 26.7 Å². The molecule has 0 aliphatic carbocycles. The number of hydrogen-bond acceptors (Lipinski definition) is 3. The van der Waals surface area contributed by atoms with Crippen molar-refractivity contribution in [3.05, 3.63) is 0 Å². The van der Waals surface area contributed by atoms with Gasteiger partial charge in [-0.1, -0.05) is 6.92 Å². The number of rotatable bonds is 8. The summed E-state index contributed by atoms with van der Waals surface area (Å²) in [5, 5.41) is 3.29. The zero-order chi connectivity index (χ0) is 12.6. The van der Waals surface area contributed by atoms with Gasteiger partial charge in [0.05, 0.1) is 0 Å². The summed E-state index contributed by atoms with van der Waals surface area (Å²) in [7, 11) is 5.72. The lowest BCUT2D eigenvalue weighted by Gasteiger charge is -2.23. The third-order valence-corrected chi connectivity index (χ3v) is 3.00. The van der Waals surface area contributed by atoms with E-state index in [1.165, 1.54) is 6.42 Å². The Balaban J connectivity index is 3.43. The summed E-state index contributed by atoms with van der Waals surface area (Å²) in [5.41, 5.74) is 0. The molecule has 4 heteroatoms. The van der Waals surface area contributed by atoms with Gasteiger partial charge in [0.1, 0.15) is 0 Å². The van der Waals surface area contributed by atoms with E-state index in [0.717, 1.165) is 19.6 Å². The lowest BCUT2D eigenvalue weighted by Crippen LogP contribution is -2.36. The number of hydrogen-bond donors (Lipinski definition) is 1. The minimum absolute atomic E-state index is 0.183. The molecule has 0 saturated carbocycles. The molecule has 1 N–H and O–H groups in total. The van der Waals surface area contributed by atoms with Gasteiger partial charge in [-0.15, -0.1) is 0 Å². The zero-order valence-electron chi connectivity index (χ0n) is 11.4. The second-order valence-corrected chi connectivity index (χ2v) is 4.53. The second-order valence-electron chi connectivity index (χ2n) is 4.53. The van der Waals surface area contributed by atoms with E-state index in [9.17, 15) is 4.79 Å². The van der Waals surface area contributed by atoms with Crippen molar-refractivity contribution < 1.29 is 4.79 Å². The molecule has 1 unspecified atom stereocenters. The van der Waals surface area contributed by atoms with Crippen molar-refractivity contribution in [1.29, 1.82) is 0 Å². The fourth-order valence-corrected chi connectivity index (χ4v) is 1.33. The quantitative estimate of drug-likeness (QED) is 0.625. The van der Waals surface area contributed by atoms with Gasteiger partial charge in [-0.3, -0.25) is 4.79 Å². The van der Waals surface area contributed by atoms with Crippen molar-refractivity contribution in [1.82, 2.24) is 15.1 Å². The van der Waals surface area contributed by atoms with Crippen LogP contribution in [0.5, 0.6) is 0 Å². The van der Waals surface area contributed by atoms with E-state index in [0.29, 0.717) is 12.5 Å².